The number of para-hydroxylation sites is 1. The molecule has 0 unspecified atom stereocenters. The number of halogens is 2. The number of methoxy groups -OCH3 is 1. The van der Waals surface area contributed by atoms with Gasteiger partial charge in [0, 0.05) is 38.8 Å². The summed E-state index contributed by atoms with van der Waals surface area (Å²) in [6, 6.07) is 11.1. The molecule has 2 aromatic rings. The lowest BCUT2D eigenvalue weighted by molar-refractivity contribution is 0.194. The standard InChI is InChI=1S/C20H23F2N3O2/c1-27-19-5-3-2-4-15(19)8-9-23-20(26)25-12-10-24(11-13-25)18-7-6-16(21)14-17(18)22/h2-7,14H,8-13H2,1H3,(H,23,26). The van der Waals surface area contributed by atoms with Crippen LogP contribution in [0.3, 0.4) is 0 Å². The summed E-state index contributed by atoms with van der Waals surface area (Å²) >= 11 is 0. The number of ether oxygens (including phenoxy) is 1. The van der Waals surface area contributed by atoms with Gasteiger partial charge in [-0.25, -0.2) is 13.6 Å². The van der Waals surface area contributed by atoms with Crippen molar-refractivity contribution in [3.05, 3.63) is 59.7 Å². The van der Waals surface area contributed by atoms with Crippen LogP contribution in [0.2, 0.25) is 0 Å². The highest BCUT2D eigenvalue weighted by molar-refractivity contribution is 5.74. The van der Waals surface area contributed by atoms with Gasteiger partial charge in [-0.05, 0) is 30.2 Å². The summed E-state index contributed by atoms with van der Waals surface area (Å²) in [7, 11) is 1.63. The van der Waals surface area contributed by atoms with Gasteiger partial charge in [-0.1, -0.05) is 18.2 Å². The summed E-state index contributed by atoms with van der Waals surface area (Å²) < 4.78 is 32.2. The highest BCUT2D eigenvalue weighted by atomic mass is 19.1. The molecule has 0 saturated carbocycles. The van der Waals surface area contributed by atoms with Crippen LogP contribution in [0.25, 0.3) is 0 Å². The molecular weight excluding hydrogens is 352 g/mol. The number of urea groups is 1. The van der Waals surface area contributed by atoms with Gasteiger partial charge >= 0.3 is 6.03 Å². The molecule has 144 valence electrons. The van der Waals surface area contributed by atoms with Gasteiger partial charge in [-0.2, -0.15) is 0 Å². The number of carbonyl (C=O) groups is 1. The van der Waals surface area contributed by atoms with Gasteiger partial charge in [0.05, 0.1) is 12.8 Å². The number of piperazine rings is 1. The van der Waals surface area contributed by atoms with Gasteiger partial charge in [0.25, 0.3) is 0 Å². The number of carbonyl (C=O) groups excluding carboxylic acids is 1. The first-order chi connectivity index (χ1) is 13.1. The van der Waals surface area contributed by atoms with E-state index in [0.717, 1.165) is 17.4 Å². The van der Waals surface area contributed by atoms with Crippen LogP contribution in [-0.2, 0) is 6.42 Å². The molecule has 0 spiro atoms. The number of benzene rings is 2. The van der Waals surface area contributed by atoms with Crippen LogP contribution in [-0.4, -0.2) is 50.8 Å². The second-order valence-corrected chi connectivity index (χ2v) is 6.36. The van der Waals surface area contributed by atoms with Crippen LogP contribution in [0.1, 0.15) is 5.56 Å². The molecule has 1 heterocycles. The number of rotatable bonds is 5. The monoisotopic (exact) mass is 375 g/mol. The van der Waals surface area contributed by atoms with Crippen LogP contribution < -0.4 is 15.0 Å². The fourth-order valence-corrected chi connectivity index (χ4v) is 3.21. The van der Waals surface area contributed by atoms with Gasteiger partial charge in [0.15, 0.2) is 0 Å². The highest BCUT2D eigenvalue weighted by Crippen LogP contribution is 2.21. The van der Waals surface area contributed by atoms with Gasteiger partial charge in [-0.3, -0.25) is 0 Å². The Kier molecular flexibility index (Phi) is 6.11. The summed E-state index contributed by atoms with van der Waals surface area (Å²) in [6.45, 7) is 2.48. The summed E-state index contributed by atoms with van der Waals surface area (Å²) in [6.07, 6.45) is 0.677. The van der Waals surface area contributed by atoms with Crippen molar-refractivity contribution in [3.63, 3.8) is 0 Å². The topological polar surface area (TPSA) is 44.8 Å². The average Bonchev–Trinajstić information content (AvgIpc) is 2.68. The number of hydrogen-bond acceptors (Lipinski definition) is 3. The van der Waals surface area contributed by atoms with Crippen LogP contribution in [0.5, 0.6) is 5.75 Å². The first-order valence-electron chi connectivity index (χ1n) is 8.93. The third-order valence-electron chi connectivity index (χ3n) is 4.68. The molecule has 0 atom stereocenters. The zero-order valence-corrected chi connectivity index (χ0v) is 15.3. The molecule has 2 aromatic carbocycles. The molecule has 0 radical (unpaired) electrons. The first kappa shape index (κ1) is 18.9. The van der Waals surface area contributed by atoms with Crippen molar-refractivity contribution in [3.8, 4) is 5.75 Å². The van der Waals surface area contributed by atoms with Crippen molar-refractivity contribution in [2.75, 3.05) is 44.7 Å². The SMILES string of the molecule is COc1ccccc1CCNC(=O)N1CCN(c2ccc(F)cc2F)CC1. The summed E-state index contributed by atoms with van der Waals surface area (Å²) in [4.78, 5) is 15.9. The van der Waals surface area contributed by atoms with Crippen molar-refractivity contribution in [2.24, 2.45) is 0 Å². The molecule has 0 bridgehead atoms. The van der Waals surface area contributed by atoms with Crippen molar-refractivity contribution >= 4 is 11.7 Å². The van der Waals surface area contributed by atoms with Crippen molar-refractivity contribution < 1.29 is 18.3 Å². The van der Waals surface area contributed by atoms with E-state index in [0.29, 0.717) is 44.8 Å². The molecule has 1 aliphatic heterocycles. The third-order valence-corrected chi connectivity index (χ3v) is 4.68. The Morgan fingerprint density at radius 2 is 1.85 bits per heavy atom. The van der Waals surface area contributed by atoms with E-state index >= 15 is 0 Å². The normalized spacial score (nSPS) is 14.2. The maximum absolute atomic E-state index is 13.9. The third kappa shape index (κ3) is 4.67. The van der Waals surface area contributed by atoms with E-state index < -0.39 is 11.6 Å². The van der Waals surface area contributed by atoms with E-state index in [1.807, 2.05) is 29.2 Å². The lowest BCUT2D eigenvalue weighted by Crippen LogP contribution is -2.52. The fourth-order valence-electron chi connectivity index (χ4n) is 3.21. The summed E-state index contributed by atoms with van der Waals surface area (Å²) in [5.41, 5.74) is 1.41. The number of amides is 2. The van der Waals surface area contributed by atoms with Crippen LogP contribution >= 0.6 is 0 Å². The molecule has 1 aliphatic rings. The number of nitrogens with one attached hydrogen (secondary N) is 1. The van der Waals surface area contributed by atoms with E-state index in [1.165, 1.54) is 12.1 Å². The Bertz CT molecular complexity index is 793. The zero-order chi connectivity index (χ0) is 19.2. The Balaban J connectivity index is 1.47. The van der Waals surface area contributed by atoms with Crippen molar-refractivity contribution in [2.45, 2.75) is 6.42 Å². The Hall–Kier alpha value is -2.83. The number of anilines is 1. The summed E-state index contributed by atoms with van der Waals surface area (Å²) in [5.74, 6) is -0.365. The molecule has 7 heteroatoms. The molecule has 1 fully saturated rings. The van der Waals surface area contributed by atoms with Gasteiger partial charge in [-0.15, -0.1) is 0 Å². The molecule has 5 nitrogen and oxygen atoms in total. The van der Waals surface area contributed by atoms with E-state index in [2.05, 4.69) is 5.32 Å². The van der Waals surface area contributed by atoms with Crippen LogP contribution in [0.4, 0.5) is 19.3 Å². The number of nitrogens with zero attached hydrogens (tertiary/aromatic N) is 2. The Labute approximate surface area is 157 Å². The van der Waals surface area contributed by atoms with Gasteiger partial charge in [0.2, 0.25) is 0 Å². The maximum Gasteiger partial charge on any atom is 0.317 e. The molecule has 0 aliphatic carbocycles. The van der Waals surface area contributed by atoms with E-state index in [4.69, 9.17) is 4.74 Å². The minimum atomic E-state index is -0.593. The van der Waals surface area contributed by atoms with Crippen LogP contribution in [0.15, 0.2) is 42.5 Å². The zero-order valence-electron chi connectivity index (χ0n) is 15.3. The molecule has 3 rings (SSSR count). The molecule has 27 heavy (non-hydrogen) atoms. The van der Waals surface area contributed by atoms with Crippen LogP contribution in [0, 0.1) is 11.6 Å². The quantitative estimate of drug-likeness (QED) is 0.874. The molecular formula is C20H23F2N3O2. The fraction of sp³-hybridized carbons (Fsp3) is 0.350. The van der Waals surface area contributed by atoms with E-state index in [9.17, 15) is 13.6 Å². The minimum absolute atomic E-state index is 0.135. The Morgan fingerprint density at radius 3 is 2.56 bits per heavy atom. The molecule has 0 aromatic heterocycles. The average molecular weight is 375 g/mol. The Morgan fingerprint density at radius 1 is 1.11 bits per heavy atom. The molecule has 1 saturated heterocycles. The maximum atomic E-state index is 13.9. The highest BCUT2D eigenvalue weighted by Gasteiger charge is 2.22. The van der Waals surface area contributed by atoms with Gasteiger partial charge in [0.1, 0.15) is 17.4 Å². The first-order valence-corrected chi connectivity index (χ1v) is 8.93. The molecule has 2 amide bonds. The lowest BCUT2D eigenvalue weighted by atomic mass is 10.1. The number of hydrogen-bond donors (Lipinski definition) is 1. The summed E-state index contributed by atoms with van der Waals surface area (Å²) in [5, 5.41) is 2.91. The van der Waals surface area contributed by atoms with E-state index in [1.54, 1.807) is 12.0 Å². The van der Waals surface area contributed by atoms with Crippen molar-refractivity contribution in [1.29, 1.82) is 0 Å². The second-order valence-electron chi connectivity index (χ2n) is 6.36. The van der Waals surface area contributed by atoms with Gasteiger partial charge < -0.3 is 19.9 Å². The molecule has 1 N–H and O–H groups in total. The van der Waals surface area contributed by atoms with E-state index in [-0.39, 0.29) is 6.03 Å². The predicted molar refractivity (Wildman–Crippen MR) is 100 cm³/mol. The predicted octanol–water partition coefficient (Wildman–Crippen LogP) is 3.05. The minimum Gasteiger partial charge on any atom is -0.496 e. The largest absolute Gasteiger partial charge is 0.496 e. The lowest BCUT2D eigenvalue weighted by Gasteiger charge is -2.36. The van der Waals surface area contributed by atoms with Crippen molar-refractivity contribution in [1.82, 2.24) is 10.2 Å². The second kappa shape index (κ2) is 8.70. The smallest absolute Gasteiger partial charge is 0.317 e.